The summed E-state index contributed by atoms with van der Waals surface area (Å²) in [7, 11) is 0. The molecule has 0 aliphatic rings. The van der Waals surface area contributed by atoms with Gasteiger partial charge in [-0.2, -0.15) is 0 Å². The molecule has 2 aromatic carbocycles. The maximum Gasteiger partial charge on any atom is 0.331 e. The molecule has 0 spiro atoms. The first-order valence-corrected chi connectivity index (χ1v) is 11.4. The van der Waals surface area contributed by atoms with Gasteiger partial charge in [0.05, 0.1) is 0 Å². The van der Waals surface area contributed by atoms with E-state index in [0.717, 1.165) is 30.6 Å². The number of hydrogen-bond donors (Lipinski definition) is 2. The smallest absolute Gasteiger partial charge is 0.331 e. The minimum atomic E-state index is -0.888. The molecular formula is C28H35NO2. The number of hydrogen-bond acceptors (Lipinski definition) is 2. The summed E-state index contributed by atoms with van der Waals surface area (Å²) in [4.78, 5) is 10.9. The van der Waals surface area contributed by atoms with Crippen molar-refractivity contribution >= 4 is 12.0 Å². The van der Waals surface area contributed by atoms with Gasteiger partial charge in [-0.05, 0) is 48.2 Å². The van der Waals surface area contributed by atoms with Gasteiger partial charge in [0, 0.05) is 30.6 Å². The fraction of sp³-hybridized carbons (Fsp3) is 0.393. The normalized spacial score (nSPS) is 11.1. The lowest BCUT2D eigenvalue weighted by atomic mass is 10.1. The molecular weight excluding hydrogens is 382 g/mol. The van der Waals surface area contributed by atoms with Crippen LogP contribution in [0.3, 0.4) is 0 Å². The molecule has 0 radical (unpaired) electrons. The highest BCUT2D eigenvalue weighted by atomic mass is 16.4. The van der Waals surface area contributed by atoms with Crippen LogP contribution in [-0.2, 0) is 17.9 Å². The molecule has 0 aliphatic heterocycles. The second-order valence-corrected chi connectivity index (χ2v) is 7.99. The zero-order valence-electron chi connectivity index (χ0n) is 18.9. The lowest BCUT2D eigenvalue weighted by Gasteiger charge is -2.06. The van der Waals surface area contributed by atoms with Crippen molar-refractivity contribution in [1.82, 2.24) is 5.32 Å². The molecule has 2 aromatic rings. The van der Waals surface area contributed by atoms with Crippen molar-refractivity contribution in [3.63, 3.8) is 0 Å². The second-order valence-electron chi connectivity index (χ2n) is 7.99. The van der Waals surface area contributed by atoms with Crippen molar-refractivity contribution in [3.8, 4) is 11.8 Å². The number of carbonyl (C=O) groups is 1. The van der Waals surface area contributed by atoms with Crippen LogP contribution in [0.1, 0.15) is 81.0 Å². The maximum absolute atomic E-state index is 10.9. The molecule has 3 nitrogen and oxygen atoms in total. The molecule has 0 unspecified atom stereocenters. The van der Waals surface area contributed by atoms with E-state index in [1.165, 1.54) is 49.7 Å². The van der Waals surface area contributed by atoms with E-state index in [0.29, 0.717) is 5.57 Å². The molecule has 0 fully saturated rings. The number of carboxylic acid groups (broad SMARTS) is 1. The van der Waals surface area contributed by atoms with Crippen LogP contribution in [0, 0.1) is 11.8 Å². The van der Waals surface area contributed by atoms with Crippen LogP contribution in [0.4, 0.5) is 0 Å². The third-order valence-corrected chi connectivity index (χ3v) is 5.20. The first-order valence-electron chi connectivity index (χ1n) is 11.4. The lowest BCUT2D eigenvalue weighted by Crippen LogP contribution is -2.12. The van der Waals surface area contributed by atoms with E-state index in [1.54, 1.807) is 13.0 Å². The third-order valence-electron chi connectivity index (χ3n) is 5.20. The van der Waals surface area contributed by atoms with E-state index in [1.807, 2.05) is 24.3 Å². The standard InChI is InChI=1S/C28H35NO2/c1-3-4-5-6-7-8-9-10-11-24-12-16-26(17-13-24)21-29-22-27-18-14-25(15-19-27)20-23(2)28(30)31/h12-20,29H,3-9,21-22H2,1-2H3,(H,30,31)/b23-20+. The molecule has 0 saturated heterocycles. The topological polar surface area (TPSA) is 49.3 Å². The van der Waals surface area contributed by atoms with E-state index < -0.39 is 5.97 Å². The number of aliphatic carboxylic acids is 1. The largest absolute Gasteiger partial charge is 0.478 e. The van der Waals surface area contributed by atoms with Crippen molar-refractivity contribution in [3.05, 3.63) is 76.4 Å². The van der Waals surface area contributed by atoms with E-state index in [2.05, 4.69) is 48.3 Å². The van der Waals surface area contributed by atoms with Crippen LogP contribution >= 0.6 is 0 Å². The first kappa shape index (κ1) is 24.4. The van der Waals surface area contributed by atoms with E-state index in [-0.39, 0.29) is 0 Å². The average Bonchev–Trinajstić information content (AvgIpc) is 2.77. The van der Waals surface area contributed by atoms with Gasteiger partial charge in [0.1, 0.15) is 0 Å². The van der Waals surface area contributed by atoms with Crippen molar-refractivity contribution < 1.29 is 9.90 Å². The van der Waals surface area contributed by atoms with Crippen LogP contribution in [0.15, 0.2) is 54.1 Å². The first-order chi connectivity index (χ1) is 15.1. The Morgan fingerprint density at radius 1 is 0.903 bits per heavy atom. The molecule has 0 amide bonds. The van der Waals surface area contributed by atoms with E-state index >= 15 is 0 Å². The van der Waals surface area contributed by atoms with Crippen molar-refractivity contribution in [1.29, 1.82) is 0 Å². The number of rotatable bonds is 12. The van der Waals surface area contributed by atoms with E-state index in [4.69, 9.17) is 5.11 Å². The summed E-state index contributed by atoms with van der Waals surface area (Å²) in [5.74, 6) is 5.68. The van der Waals surface area contributed by atoms with Crippen molar-refractivity contribution in [2.75, 3.05) is 0 Å². The fourth-order valence-corrected chi connectivity index (χ4v) is 3.26. The quantitative estimate of drug-likeness (QED) is 0.233. The van der Waals surface area contributed by atoms with Crippen LogP contribution < -0.4 is 5.32 Å². The molecule has 0 bridgehead atoms. The lowest BCUT2D eigenvalue weighted by molar-refractivity contribution is -0.132. The molecule has 2 N–H and O–H groups in total. The van der Waals surface area contributed by atoms with Gasteiger partial charge < -0.3 is 10.4 Å². The summed E-state index contributed by atoms with van der Waals surface area (Å²) in [5, 5.41) is 12.4. The fourth-order valence-electron chi connectivity index (χ4n) is 3.26. The summed E-state index contributed by atoms with van der Waals surface area (Å²) in [6, 6.07) is 16.4. The van der Waals surface area contributed by atoms with Gasteiger partial charge in [0.15, 0.2) is 0 Å². The Labute approximate surface area is 187 Å². The number of unbranched alkanes of at least 4 members (excludes halogenated alkanes) is 6. The minimum Gasteiger partial charge on any atom is -0.478 e. The maximum atomic E-state index is 10.9. The summed E-state index contributed by atoms with van der Waals surface area (Å²) in [5.41, 5.74) is 4.72. The number of nitrogens with one attached hydrogen (secondary N) is 1. The Bertz CT molecular complexity index is 883. The average molecular weight is 418 g/mol. The van der Waals surface area contributed by atoms with Crippen molar-refractivity contribution in [2.45, 2.75) is 71.9 Å². The van der Waals surface area contributed by atoms with Crippen LogP contribution in [0.2, 0.25) is 0 Å². The van der Waals surface area contributed by atoms with Gasteiger partial charge in [0.25, 0.3) is 0 Å². The number of benzene rings is 2. The van der Waals surface area contributed by atoms with Crippen LogP contribution in [0.25, 0.3) is 6.08 Å². The monoisotopic (exact) mass is 417 g/mol. The van der Waals surface area contributed by atoms with E-state index in [9.17, 15) is 4.79 Å². The van der Waals surface area contributed by atoms with Crippen LogP contribution in [0.5, 0.6) is 0 Å². The highest BCUT2D eigenvalue weighted by molar-refractivity contribution is 5.91. The van der Waals surface area contributed by atoms with Gasteiger partial charge in [-0.1, -0.05) is 87.3 Å². The summed E-state index contributed by atoms with van der Waals surface area (Å²) < 4.78 is 0. The molecule has 31 heavy (non-hydrogen) atoms. The second kappa shape index (κ2) is 14.2. The third kappa shape index (κ3) is 10.2. The summed E-state index contributed by atoms with van der Waals surface area (Å²) in [6.07, 6.45) is 10.5. The highest BCUT2D eigenvalue weighted by Gasteiger charge is 2.00. The predicted molar refractivity (Wildman–Crippen MR) is 130 cm³/mol. The highest BCUT2D eigenvalue weighted by Crippen LogP contribution is 2.10. The SMILES string of the molecule is CCCCCCCCC#Cc1ccc(CNCc2ccc(/C=C(\C)C(=O)O)cc2)cc1. The van der Waals surface area contributed by atoms with Gasteiger partial charge >= 0.3 is 5.97 Å². The molecule has 0 saturated carbocycles. The molecule has 164 valence electrons. The summed E-state index contributed by atoms with van der Waals surface area (Å²) >= 11 is 0. The Kier molecular flexibility index (Phi) is 11.2. The predicted octanol–water partition coefficient (Wildman–Crippen LogP) is 6.57. The molecule has 2 rings (SSSR count). The minimum absolute atomic E-state index is 0.335. The Morgan fingerprint density at radius 3 is 2.10 bits per heavy atom. The van der Waals surface area contributed by atoms with Crippen LogP contribution in [-0.4, -0.2) is 11.1 Å². The zero-order valence-corrected chi connectivity index (χ0v) is 18.9. The molecule has 0 atom stereocenters. The van der Waals surface area contributed by atoms with Crippen molar-refractivity contribution in [2.24, 2.45) is 0 Å². The number of carboxylic acids is 1. The van der Waals surface area contributed by atoms with Gasteiger partial charge in [-0.3, -0.25) is 0 Å². The molecule has 0 aromatic heterocycles. The zero-order chi connectivity index (χ0) is 22.3. The Balaban J connectivity index is 1.70. The van der Waals surface area contributed by atoms with Gasteiger partial charge in [-0.15, -0.1) is 0 Å². The Morgan fingerprint density at radius 2 is 1.48 bits per heavy atom. The van der Waals surface area contributed by atoms with Gasteiger partial charge in [0.2, 0.25) is 0 Å². The molecule has 0 heterocycles. The van der Waals surface area contributed by atoms with Gasteiger partial charge in [-0.25, -0.2) is 4.79 Å². The molecule has 3 heteroatoms. The summed E-state index contributed by atoms with van der Waals surface area (Å²) in [6.45, 7) is 5.41. The Hall–Kier alpha value is -2.83. The molecule has 0 aliphatic carbocycles.